The maximum atomic E-state index is 12.2. The third-order valence-corrected chi connectivity index (χ3v) is 4.52. The first-order chi connectivity index (χ1) is 11.6. The van der Waals surface area contributed by atoms with Gasteiger partial charge in [-0.2, -0.15) is 0 Å². The molecule has 5 nitrogen and oxygen atoms in total. The maximum Gasteiger partial charge on any atom is 0.257 e. The molecule has 2 aromatic rings. The molecule has 0 saturated carbocycles. The summed E-state index contributed by atoms with van der Waals surface area (Å²) in [5.74, 6) is 0.646. The van der Waals surface area contributed by atoms with Crippen LogP contribution < -0.4 is 11.1 Å². The average Bonchev–Trinajstić information content (AvgIpc) is 2.59. The van der Waals surface area contributed by atoms with Gasteiger partial charge >= 0.3 is 0 Å². The van der Waals surface area contributed by atoms with E-state index in [-0.39, 0.29) is 5.91 Å². The molecule has 0 spiro atoms. The van der Waals surface area contributed by atoms with E-state index in [9.17, 15) is 4.79 Å². The van der Waals surface area contributed by atoms with Gasteiger partial charge in [-0.25, -0.2) is 0 Å². The molecule has 1 amide bonds. The van der Waals surface area contributed by atoms with E-state index in [4.69, 9.17) is 5.73 Å². The summed E-state index contributed by atoms with van der Waals surface area (Å²) in [5, 5.41) is 2.87. The molecule has 0 atom stereocenters. The standard InChI is InChI=1S/C19H24N4O/c1-14-6-8-23(9-7-14)13-15-2-4-18(5-3-15)22-19(24)16-10-17(20)12-21-11-16/h2-5,10-12,14H,6-9,13,20H2,1H3,(H,22,24). The van der Waals surface area contributed by atoms with E-state index in [1.165, 1.54) is 43.9 Å². The second-order valence-electron chi connectivity index (χ2n) is 6.62. The lowest BCUT2D eigenvalue weighted by atomic mass is 9.99. The molecule has 0 bridgehead atoms. The van der Waals surface area contributed by atoms with Crippen LogP contribution in [-0.2, 0) is 6.54 Å². The zero-order valence-corrected chi connectivity index (χ0v) is 14.0. The van der Waals surface area contributed by atoms with E-state index in [0.717, 1.165) is 18.2 Å². The highest BCUT2D eigenvalue weighted by atomic mass is 16.1. The number of benzene rings is 1. The molecule has 3 rings (SSSR count). The number of nitrogen functional groups attached to an aromatic ring is 1. The number of rotatable bonds is 4. The van der Waals surface area contributed by atoms with Crippen LogP contribution in [0.5, 0.6) is 0 Å². The molecular weight excluding hydrogens is 300 g/mol. The molecule has 0 aliphatic carbocycles. The lowest BCUT2D eigenvalue weighted by Gasteiger charge is -2.30. The molecule has 3 N–H and O–H groups in total. The molecule has 1 fully saturated rings. The van der Waals surface area contributed by atoms with Gasteiger partial charge in [0.05, 0.1) is 11.3 Å². The van der Waals surface area contributed by atoms with Gasteiger partial charge in [0.15, 0.2) is 0 Å². The Labute approximate surface area is 142 Å². The molecule has 1 aliphatic rings. The molecule has 1 aromatic heterocycles. The van der Waals surface area contributed by atoms with Crippen molar-refractivity contribution in [2.45, 2.75) is 26.3 Å². The van der Waals surface area contributed by atoms with Crippen molar-refractivity contribution in [3.05, 3.63) is 53.9 Å². The molecular formula is C19H24N4O. The van der Waals surface area contributed by atoms with Gasteiger partial charge in [-0.05, 0) is 55.6 Å². The second-order valence-corrected chi connectivity index (χ2v) is 6.62. The molecule has 0 unspecified atom stereocenters. The fourth-order valence-corrected chi connectivity index (χ4v) is 2.96. The first kappa shape index (κ1) is 16.5. The summed E-state index contributed by atoms with van der Waals surface area (Å²) in [7, 11) is 0. The Hall–Kier alpha value is -2.40. The van der Waals surface area contributed by atoms with E-state index in [2.05, 4.69) is 34.3 Å². The van der Waals surface area contributed by atoms with Crippen LogP contribution in [0.25, 0.3) is 0 Å². The SMILES string of the molecule is CC1CCN(Cc2ccc(NC(=O)c3cncc(N)c3)cc2)CC1. The Kier molecular flexibility index (Phi) is 5.11. The summed E-state index contributed by atoms with van der Waals surface area (Å²) in [6.45, 7) is 5.63. The van der Waals surface area contributed by atoms with Crippen molar-refractivity contribution in [1.29, 1.82) is 0 Å². The van der Waals surface area contributed by atoms with Crippen LogP contribution in [0, 0.1) is 5.92 Å². The maximum absolute atomic E-state index is 12.2. The van der Waals surface area contributed by atoms with Crippen molar-refractivity contribution >= 4 is 17.3 Å². The number of nitrogens with two attached hydrogens (primary N) is 1. The molecule has 1 aromatic carbocycles. The van der Waals surface area contributed by atoms with Crippen molar-refractivity contribution in [2.75, 3.05) is 24.1 Å². The molecule has 1 saturated heterocycles. The lowest BCUT2D eigenvalue weighted by Crippen LogP contribution is -2.32. The van der Waals surface area contributed by atoms with Gasteiger partial charge in [-0.1, -0.05) is 19.1 Å². The summed E-state index contributed by atoms with van der Waals surface area (Å²) < 4.78 is 0. The van der Waals surface area contributed by atoms with Gasteiger partial charge in [0.2, 0.25) is 0 Å². The van der Waals surface area contributed by atoms with E-state index >= 15 is 0 Å². The van der Waals surface area contributed by atoms with Crippen LogP contribution in [0.15, 0.2) is 42.7 Å². The highest BCUT2D eigenvalue weighted by molar-refractivity contribution is 6.04. The lowest BCUT2D eigenvalue weighted by molar-refractivity contribution is 0.102. The predicted molar refractivity (Wildman–Crippen MR) is 96.7 cm³/mol. The van der Waals surface area contributed by atoms with E-state index in [1.807, 2.05) is 12.1 Å². The summed E-state index contributed by atoms with van der Waals surface area (Å²) in [4.78, 5) is 18.6. The minimum atomic E-state index is -0.201. The van der Waals surface area contributed by atoms with Crippen molar-refractivity contribution < 1.29 is 4.79 Å². The number of nitrogens with zero attached hydrogens (tertiary/aromatic N) is 2. The van der Waals surface area contributed by atoms with Crippen molar-refractivity contribution in [3.8, 4) is 0 Å². The number of hydrogen-bond acceptors (Lipinski definition) is 4. The number of likely N-dealkylation sites (tertiary alicyclic amines) is 1. The first-order valence-electron chi connectivity index (χ1n) is 8.43. The van der Waals surface area contributed by atoms with Gasteiger partial charge in [0, 0.05) is 24.6 Å². The van der Waals surface area contributed by atoms with Gasteiger partial charge in [0.25, 0.3) is 5.91 Å². The Morgan fingerprint density at radius 1 is 1.25 bits per heavy atom. The normalized spacial score (nSPS) is 16.0. The average molecular weight is 324 g/mol. The topological polar surface area (TPSA) is 71.2 Å². The number of hydrogen-bond donors (Lipinski definition) is 2. The number of carbonyl (C=O) groups excluding carboxylic acids is 1. The molecule has 1 aliphatic heterocycles. The molecule has 126 valence electrons. The van der Waals surface area contributed by atoms with E-state index in [1.54, 1.807) is 6.07 Å². The monoisotopic (exact) mass is 324 g/mol. The smallest absolute Gasteiger partial charge is 0.257 e. The fraction of sp³-hybridized carbons (Fsp3) is 0.368. The zero-order valence-electron chi connectivity index (χ0n) is 14.0. The van der Waals surface area contributed by atoms with Gasteiger partial charge in [-0.15, -0.1) is 0 Å². The summed E-state index contributed by atoms with van der Waals surface area (Å²) in [6, 6.07) is 9.66. The van der Waals surface area contributed by atoms with Crippen LogP contribution in [0.3, 0.4) is 0 Å². The Morgan fingerprint density at radius 3 is 2.62 bits per heavy atom. The number of amides is 1. The van der Waals surface area contributed by atoms with Crippen LogP contribution in [0.2, 0.25) is 0 Å². The highest BCUT2D eigenvalue weighted by Gasteiger charge is 2.15. The van der Waals surface area contributed by atoms with Gasteiger partial charge < -0.3 is 11.1 Å². The molecule has 2 heterocycles. The number of carbonyl (C=O) groups is 1. The van der Waals surface area contributed by atoms with Crippen LogP contribution in [-0.4, -0.2) is 28.9 Å². The molecule has 24 heavy (non-hydrogen) atoms. The number of anilines is 2. The Morgan fingerprint density at radius 2 is 1.96 bits per heavy atom. The summed E-state index contributed by atoms with van der Waals surface area (Å²) >= 11 is 0. The zero-order chi connectivity index (χ0) is 16.9. The minimum absolute atomic E-state index is 0.201. The summed E-state index contributed by atoms with van der Waals surface area (Å²) in [5.41, 5.74) is 8.65. The largest absolute Gasteiger partial charge is 0.397 e. The third-order valence-electron chi connectivity index (χ3n) is 4.52. The van der Waals surface area contributed by atoms with Crippen LogP contribution in [0.1, 0.15) is 35.7 Å². The Bertz CT molecular complexity index is 691. The van der Waals surface area contributed by atoms with Crippen molar-refractivity contribution in [3.63, 3.8) is 0 Å². The molecule has 0 radical (unpaired) electrons. The second kappa shape index (κ2) is 7.45. The van der Waals surface area contributed by atoms with E-state index in [0.29, 0.717) is 11.3 Å². The quantitative estimate of drug-likeness (QED) is 0.906. The van der Waals surface area contributed by atoms with Gasteiger partial charge in [0.1, 0.15) is 0 Å². The minimum Gasteiger partial charge on any atom is -0.397 e. The van der Waals surface area contributed by atoms with Crippen molar-refractivity contribution in [2.24, 2.45) is 5.92 Å². The van der Waals surface area contributed by atoms with Crippen LogP contribution in [0.4, 0.5) is 11.4 Å². The number of aromatic nitrogens is 1. The number of nitrogens with one attached hydrogen (secondary N) is 1. The van der Waals surface area contributed by atoms with E-state index < -0.39 is 0 Å². The Balaban J connectivity index is 1.57. The summed E-state index contributed by atoms with van der Waals surface area (Å²) in [6.07, 6.45) is 5.59. The predicted octanol–water partition coefficient (Wildman–Crippen LogP) is 3.15. The first-order valence-corrected chi connectivity index (χ1v) is 8.43. The third kappa shape index (κ3) is 4.32. The fourth-order valence-electron chi connectivity index (χ4n) is 2.96. The number of pyridine rings is 1. The van der Waals surface area contributed by atoms with Crippen LogP contribution >= 0.6 is 0 Å². The highest BCUT2D eigenvalue weighted by Crippen LogP contribution is 2.19. The molecule has 5 heteroatoms. The van der Waals surface area contributed by atoms with Crippen molar-refractivity contribution in [1.82, 2.24) is 9.88 Å². The van der Waals surface area contributed by atoms with Gasteiger partial charge in [-0.3, -0.25) is 14.7 Å². The number of piperidine rings is 1.